The summed E-state index contributed by atoms with van der Waals surface area (Å²) in [6, 6.07) is 21.1. The van der Waals surface area contributed by atoms with Gasteiger partial charge in [0.15, 0.2) is 11.5 Å². The molecule has 196 valence electrons. The maximum atomic E-state index is 12.7. The van der Waals surface area contributed by atoms with E-state index in [1.54, 1.807) is 13.0 Å². The molecule has 4 rings (SSSR count). The van der Waals surface area contributed by atoms with Crippen LogP contribution in [0.5, 0.6) is 11.5 Å². The lowest BCUT2D eigenvalue weighted by molar-refractivity contribution is -0.138. The van der Waals surface area contributed by atoms with Crippen LogP contribution < -0.4 is 9.47 Å². The van der Waals surface area contributed by atoms with Gasteiger partial charge in [-0.15, -0.1) is 0 Å². The van der Waals surface area contributed by atoms with Crippen molar-refractivity contribution in [3.8, 4) is 11.5 Å². The number of para-hydroxylation sites is 1. The largest absolute Gasteiger partial charge is 0.506 e. The van der Waals surface area contributed by atoms with Crippen LogP contribution in [0.1, 0.15) is 25.0 Å². The van der Waals surface area contributed by atoms with Crippen LogP contribution in [0.15, 0.2) is 92.4 Å². The summed E-state index contributed by atoms with van der Waals surface area (Å²) in [5, 5.41) is 11.4. The Labute approximate surface area is 248 Å². The van der Waals surface area contributed by atoms with E-state index in [4.69, 9.17) is 14.2 Å². The van der Waals surface area contributed by atoms with E-state index in [9.17, 15) is 9.90 Å². The molecule has 3 aromatic carbocycles. The summed E-state index contributed by atoms with van der Waals surface area (Å²) in [6.45, 7) is 4.66. The molecule has 1 N–H and O–H groups in total. The number of aliphatic hydroxyl groups excluding tert-OH is 1. The number of carbonyl (C=O) groups is 1. The Kier molecular flexibility index (Phi) is 9.92. The van der Waals surface area contributed by atoms with Gasteiger partial charge in [0.05, 0.1) is 23.8 Å². The number of aliphatic imine (C=N–C) groups is 1. The van der Waals surface area contributed by atoms with Crippen molar-refractivity contribution >= 4 is 73.1 Å². The Balaban J connectivity index is 1.67. The number of carbonyl (C=O) groups excluding carboxylic acids is 1. The van der Waals surface area contributed by atoms with Crippen LogP contribution in [0.25, 0.3) is 6.08 Å². The van der Waals surface area contributed by atoms with Crippen LogP contribution >= 0.6 is 50.3 Å². The second-order valence-corrected chi connectivity index (χ2v) is 11.1. The molecule has 38 heavy (non-hydrogen) atoms. The first-order valence-electron chi connectivity index (χ1n) is 11.9. The highest BCUT2D eigenvalue weighted by Gasteiger charge is 2.33. The molecule has 0 aliphatic carbocycles. The highest BCUT2D eigenvalue weighted by molar-refractivity contribution is 14.1. The van der Waals surface area contributed by atoms with Crippen LogP contribution in [0, 0.1) is 3.57 Å². The molecule has 6 nitrogen and oxygen atoms in total. The standard InChI is InChI=1S/C29H25BrINO5S/c1-3-35-23-14-19(22(30)16-24(23)37-17-18-10-12-20(31)13-11-18)15-25-27(33)26(29(34)36-4-2)28(38-25)32-21-8-6-5-7-9-21/h5-16,33H,3-4,17H2,1-2H3/b25-15-,32-28?. The molecule has 0 radical (unpaired) electrons. The predicted octanol–water partition coefficient (Wildman–Crippen LogP) is 8.22. The van der Waals surface area contributed by atoms with Crippen LogP contribution in [0.4, 0.5) is 5.69 Å². The Bertz CT molecular complexity index is 1400. The number of nitrogens with zero attached hydrogens (tertiary/aromatic N) is 1. The minimum Gasteiger partial charge on any atom is -0.506 e. The monoisotopic (exact) mass is 705 g/mol. The van der Waals surface area contributed by atoms with Crippen molar-refractivity contribution in [3.05, 3.63) is 102 Å². The molecule has 9 heteroatoms. The van der Waals surface area contributed by atoms with Crippen LogP contribution in [0.2, 0.25) is 0 Å². The van der Waals surface area contributed by atoms with E-state index in [-0.39, 0.29) is 17.9 Å². The maximum Gasteiger partial charge on any atom is 0.344 e. The predicted molar refractivity (Wildman–Crippen MR) is 164 cm³/mol. The van der Waals surface area contributed by atoms with Crippen molar-refractivity contribution in [2.45, 2.75) is 20.5 Å². The maximum absolute atomic E-state index is 12.7. The highest BCUT2D eigenvalue weighted by atomic mass is 127. The van der Waals surface area contributed by atoms with E-state index in [0.29, 0.717) is 40.3 Å². The molecule has 0 atom stereocenters. The molecular formula is C29H25BrINO5S. The number of halogens is 2. The van der Waals surface area contributed by atoms with Gasteiger partial charge in [-0.1, -0.05) is 58.0 Å². The summed E-state index contributed by atoms with van der Waals surface area (Å²) in [5.41, 5.74) is 2.50. The average Bonchev–Trinajstić information content (AvgIpc) is 3.21. The first-order chi connectivity index (χ1) is 18.4. The molecule has 0 fully saturated rings. The lowest BCUT2D eigenvalue weighted by Crippen LogP contribution is -2.12. The second-order valence-electron chi connectivity index (χ2n) is 7.98. The van der Waals surface area contributed by atoms with Gasteiger partial charge in [-0.05, 0) is 90.0 Å². The van der Waals surface area contributed by atoms with E-state index < -0.39 is 5.97 Å². The van der Waals surface area contributed by atoms with Crippen LogP contribution in [-0.4, -0.2) is 29.3 Å². The van der Waals surface area contributed by atoms with E-state index in [1.165, 1.54) is 11.8 Å². The van der Waals surface area contributed by atoms with Gasteiger partial charge in [0.1, 0.15) is 23.0 Å². The number of rotatable bonds is 9. The molecule has 1 heterocycles. The average molecular weight is 706 g/mol. The third-order valence-corrected chi connectivity index (χ3v) is 7.74. The van der Waals surface area contributed by atoms with Crippen molar-refractivity contribution < 1.29 is 24.1 Å². The summed E-state index contributed by atoms with van der Waals surface area (Å²) in [6.07, 6.45) is 1.78. The summed E-state index contributed by atoms with van der Waals surface area (Å²) in [7, 11) is 0. The number of hydrogen-bond donors (Lipinski definition) is 1. The van der Waals surface area contributed by atoms with Crippen LogP contribution in [-0.2, 0) is 16.1 Å². The fourth-order valence-electron chi connectivity index (χ4n) is 3.54. The highest BCUT2D eigenvalue weighted by Crippen LogP contribution is 2.42. The van der Waals surface area contributed by atoms with Crippen molar-refractivity contribution in [3.63, 3.8) is 0 Å². The van der Waals surface area contributed by atoms with Crippen LogP contribution in [0.3, 0.4) is 0 Å². The van der Waals surface area contributed by atoms with Crippen molar-refractivity contribution in [1.82, 2.24) is 0 Å². The molecule has 0 amide bonds. The first-order valence-corrected chi connectivity index (χ1v) is 14.6. The Morgan fingerprint density at radius 1 is 1.03 bits per heavy atom. The molecule has 0 saturated carbocycles. The third-order valence-electron chi connectivity index (χ3n) is 5.31. The zero-order valence-corrected chi connectivity index (χ0v) is 25.3. The Morgan fingerprint density at radius 3 is 2.42 bits per heavy atom. The number of esters is 1. The quantitative estimate of drug-likeness (QED) is 0.179. The van der Waals surface area contributed by atoms with Gasteiger partial charge in [-0.3, -0.25) is 0 Å². The number of aliphatic hydroxyl groups is 1. The third kappa shape index (κ3) is 7.00. The lowest BCUT2D eigenvalue weighted by atomic mass is 10.1. The number of thioether (sulfide) groups is 1. The zero-order chi connectivity index (χ0) is 27.1. The second kappa shape index (κ2) is 13.3. The number of ether oxygens (including phenoxy) is 3. The fraction of sp³-hybridized carbons (Fsp3) is 0.172. The van der Waals surface area contributed by atoms with E-state index in [0.717, 1.165) is 19.2 Å². The molecule has 0 bridgehead atoms. The number of hydrogen-bond acceptors (Lipinski definition) is 7. The van der Waals surface area contributed by atoms with E-state index >= 15 is 0 Å². The molecule has 0 saturated heterocycles. The molecule has 1 aliphatic heterocycles. The molecule has 0 aromatic heterocycles. The van der Waals surface area contributed by atoms with E-state index in [2.05, 4.69) is 43.5 Å². The van der Waals surface area contributed by atoms with Gasteiger partial charge in [0.2, 0.25) is 0 Å². The van der Waals surface area contributed by atoms with Gasteiger partial charge in [-0.2, -0.15) is 0 Å². The van der Waals surface area contributed by atoms with E-state index in [1.807, 2.05) is 73.7 Å². The lowest BCUT2D eigenvalue weighted by Gasteiger charge is -2.14. The normalized spacial score (nSPS) is 15.3. The molecule has 1 aliphatic rings. The van der Waals surface area contributed by atoms with Gasteiger partial charge < -0.3 is 19.3 Å². The van der Waals surface area contributed by atoms with Crippen molar-refractivity contribution in [2.75, 3.05) is 13.2 Å². The summed E-state index contributed by atoms with van der Waals surface area (Å²) >= 11 is 7.10. The minimum absolute atomic E-state index is 0.0468. The van der Waals surface area contributed by atoms with Gasteiger partial charge in [-0.25, -0.2) is 9.79 Å². The van der Waals surface area contributed by atoms with Gasteiger partial charge in [0, 0.05) is 8.04 Å². The fourth-order valence-corrected chi connectivity index (χ4v) is 5.36. The summed E-state index contributed by atoms with van der Waals surface area (Å²) in [4.78, 5) is 17.8. The minimum atomic E-state index is -0.621. The summed E-state index contributed by atoms with van der Waals surface area (Å²) in [5.74, 6) is 0.371. The molecular weight excluding hydrogens is 681 g/mol. The first kappa shape index (κ1) is 28.3. The van der Waals surface area contributed by atoms with Crippen molar-refractivity contribution in [2.24, 2.45) is 4.99 Å². The Morgan fingerprint density at radius 2 is 1.74 bits per heavy atom. The molecule has 3 aromatic rings. The molecule has 0 spiro atoms. The number of benzene rings is 3. The Hall–Kier alpha value is -2.76. The zero-order valence-electron chi connectivity index (χ0n) is 20.7. The SMILES string of the molecule is CCOC(=O)C1=C(O)/C(=C/c2cc(OCC)c(OCc3ccc(I)cc3)cc2Br)SC1=Nc1ccccc1. The smallest absolute Gasteiger partial charge is 0.344 e. The molecule has 0 unspecified atom stereocenters. The van der Waals surface area contributed by atoms with Gasteiger partial charge >= 0.3 is 5.97 Å². The van der Waals surface area contributed by atoms with Crippen molar-refractivity contribution in [1.29, 1.82) is 0 Å². The van der Waals surface area contributed by atoms with Gasteiger partial charge in [0.25, 0.3) is 0 Å². The summed E-state index contributed by atoms with van der Waals surface area (Å²) < 4.78 is 19.0. The topological polar surface area (TPSA) is 77.4 Å².